The summed E-state index contributed by atoms with van der Waals surface area (Å²) in [6, 6.07) is 11.1. The minimum atomic E-state index is -0.429. The fraction of sp³-hybridized carbons (Fsp3) is 0.333. The standard InChI is InChI=1S/C21H23ClN2O4/c1-13-6-4-5-7-14(13)11-23-21(26)15-8-20(25)24(12-15)17-9-16(22)18(27-2)10-19(17)28-3/h4-7,9-10,15H,8,11-12H2,1-3H3,(H,23,26)/t15-/m0/s1. The zero-order chi connectivity index (χ0) is 20.3. The predicted octanol–water partition coefficient (Wildman–Crippen LogP) is 3.33. The van der Waals surface area contributed by atoms with Gasteiger partial charge in [0, 0.05) is 25.6 Å². The molecule has 0 bridgehead atoms. The molecule has 0 aliphatic carbocycles. The van der Waals surface area contributed by atoms with Gasteiger partial charge in [-0.2, -0.15) is 0 Å². The Labute approximate surface area is 169 Å². The summed E-state index contributed by atoms with van der Waals surface area (Å²) in [6.45, 7) is 2.72. The van der Waals surface area contributed by atoms with Gasteiger partial charge in [-0.1, -0.05) is 35.9 Å². The number of rotatable bonds is 6. The van der Waals surface area contributed by atoms with Crippen molar-refractivity contribution in [1.29, 1.82) is 0 Å². The fourth-order valence-electron chi connectivity index (χ4n) is 3.31. The smallest absolute Gasteiger partial charge is 0.227 e. The van der Waals surface area contributed by atoms with Gasteiger partial charge < -0.3 is 19.7 Å². The Morgan fingerprint density at radius 1 is 1.21 bits per heavy atom. The zero-order valence-electron chi connectivity index (χ0n) is 16.1. The second-order valence-electron chi connectivity index (χ2n) is 6.71. The number of methoxy groups -OCH3 is 2. The number of hydrogen-bond acceptors (Lipinski definition) is 4. The molecule has 0 aromatic heterocycles. The molecule has 1 fully saturated rings. The van der Waals surface area contributed by atoms with Crippen molar-refractivity contribution in [3.05, 3.63) is 52.5 Å². The Hall–Kier alpha value is -2.73. The summed E-state index contributed by atoms with van der Waals surface area (Å²) >= 11 is 6.22. The lowest BCUT2D eigenvalue weighted by atomic mass is 10.1. The van der Waals surface area contributed by atoms with Crippen LogP contribution < -0.4 is 19.7 Å². The third-order valence-electron chi connectivity index (χ3n) is 4.95. The first-order valence-corrected chi connectivity index (χ1v) is 9.36. The molecule has 1 N–H and O–H groups in total. The average molecular weight is 403 g/mol. The number of hydrogen-bond donors (Lipinski definition) is 1. The van der Waals surface area contributed by atoms with Gasteiger partial charge in [-0.05, 0) is 24.1 Å². The van der Waals surface area contributed by atoms with Crippen LogP contribution in [0.25, 0.3) is 0 Å². The van der Waals surface area contributed by atoms with E-state index in [9.17, 15) is 9.59 Å². The van der Waals surface area contributed by atoms with E-state index in [1.54, 1.807) is 17.0 Å². The van der Waals surface area contributed by atoms with E-state index in [2.05, 4.69) is 5.32 Å². The molecular weight excluding hydrogens is 380 g/mol. The molecule has 1 heterocycles. The van der Waals surface area contributed by atoms with Crippen molar-refractivity contribution in [2.45, 2.75) is 19.9 Å². The van der Waals surface area contributed by atoms with Crippen LogP contribution in [0.4, 0.5) is 5.69 Å². The molecule has 2 aromatic carbocycles. The summed E-state index contributed by atoms with van der Waals surface area (Å²) in [6.07, 6.45) is 0.145. The molecule has 148 valence electrons. The van der Waals surface area contributed by atoms with Gasteiger partial charge in [0.15, 0.2) is 0 Å². The topological polar surface area (TPSA) is 67.9 Å². The molecule has 0 spiro atoms. The second-order valence-corrected chi connectivity index (χ2v) is 7.12. The van der Waals surface area contributed by atoms with Crippen LogP contribution in [0.1, 0.15) is 17.5 Å². The lowest BCUT2D eigenvalue weighted by Crippen LogP contribution is -2.32. The largest absolute Gasteiger partial charge is 0.495 e. The van der Waals surface area contributed by atoms with Crippen molar-refractivity contribution in [2.75, 3.05) is 25.7 Å². The maximum Gasteiger partial charge on any atom is 0.227 e. The normalized spacial score (nSPS) is 16.2. The summed E-state index contributed by atoms with van der Waals surface area (Å²) in [4.78, 5) is 26.7. The minimum absolute atomic E-state index is 0.141. The van der Waals surface area contributed by atoms with Gasteiger partial charge in [-0.25, -0.2) is 0 Å². The Bertz CT molecular complexity index is 900. The number of halogens is 1. The third-order valence-corrected chi connectivity index (χ3v) is 5.25. The van der Waals surface area contributed by atoms with Crippen molar-refractivity contribution in [2.24, 2.45) is 5.92 Å². The van der Waals surface area contributed by atoms with Gasteiger partial charge in [0.25, 0.3) is 0 Å². The molecule has 6 nitrogen and oxygen atoms in total. The predicted molar refractivity (Wildman–Crippen MR) is 108 cm³/mol. The number of amides is 2. The molecule has 2 aromatic rings. The van der Waals surface area contributed by atoms with E-state index in [0.717, 1.165) is 11.1 Å². The van der Waals surface area contributed by atoms with Crippen LogP contribution in [-0.2, 0) is 16.1 Å². The Morgan fingerprint density at radius 3 is 2.61 bits per heavy atom. The molecule has 28 heavy (non-hydrogen) atoms. The summed E-state index contributed by atoms with van der Waals surface area (Å²) in [7, 11) is 3.02. The maximum absolute atomic E-state index is 12.6. The molecule has 3 rings (SSSR count). The number of benzene rings is 2. The van der Waals surface area contributed by atoms with Crippen molar-refractivity contribution in [3.63, 3.8) is 0 Å². The first-order valence-electron chi connectivity index (χ1n) is 8.98. The minimum Gasteiger partial charge on any atom is -0.495 e. The quantitative estimate of drug-likeness (QED) is 0.804. The molecule has 7 heteroatoms. The van der Waals surface area contributed by atoms with Crippen LogP contribution in [0.5, 0.6) is 11.5 Å². The number of carbonyl (C=O) groups is 2. The summed E-state index contributed by atoms with van der Waals surface area (Å²) < 4.78 is 10.6. The molecule has 2 amide bonds. The Morgan fingerprint density at radius 2 is 1.93 bits per heavy atom. The summed E-state index contributed by atoms with van der Waals surface area (Å²) in [5.74, 6) is 0.215. The van der Waals surface area contributed by atoms with E-state index in [1.165, 1.54) is 14.2 Å². The molecule has 0 radical (unpaired) electrons. The molecule has 1 aliphatic rings. The lowest BCUT2D eigenvalue weighted by Gasteiger charge is -2.21. The summed E-state index contributed by atoms with van der Waals surface area (Å²) in [5, 5.41) is 3.31. The maximum atomic E-state index is 12.6. The third kappa shape index (κ3) is 4.07. The van der Waals surface area contributed by atoms with Crippen molar-refractivity contribution >= 4 is 29.1 Å². The highest BCUT2D eigenvalue weighted by Crippen LogP contribution is 2.40. The molecule has 1 aliphatic heterocycles. The molecule has 0 saturated carbocycles. The lowest BCUT2D eigenvalue weighted by molar-refractivity contribution is -0.126. The van der Waals surface area contributed by atoms with Gasteiger partial charge in [0.05, 0.1) is 30.8 Å². The van der Waals surface area contributed by atoms with E-state index >= 15 is 0 Å². The number of nitrogens with one attached hydrogen (secondary N) is 1. The Balaban J connectivity index is 1.72. The number of nitrogens with zero attached hydrogens (tertiary/aromatic N) is 1. The van der Waals surface area contributed by atoms with Crippen LogP contribution in [-0.4, -0.2) is 32.6 Å². The van der Waals surface area contributed by atoms with Crippen LogP contribution in [0, 0.1) is 12.8 Å². The molecule has 1 atom stereocenters. The van der Waals surface area contributed by atoms with Gasteiger partial charge in [-0.15, -0.1) is 0 Å². The molecular formula is C21H23ClN2O4. The SMILES string of the molecule is COc1cc(OC)c(N2C[C@@H](C(=O)NCc3ccccc3C)CC2=O)cc1Cl. The monoisotopic (exact) mass is 402 g/mol. The molecule has 0 unspecified atom stereocenters. The van der Waals surface area contributed by atoms with Crippen molar-refractivity contribution < 1.29 is 19.1 Å². The highest BCUT2D eigenvalue weighted by Gasteiger charge is 2.36. The van der Waals surface area contributed by atoms with E-state index in [1.807, 2.05) is 31.2 Å². The average Bonchev–Trinajstić information content (AvgIpc) is 3.08. The zero-order valence-corrected chi connectivity index (χ0v) is 16.9. The van der Waals surface area contributed by atoms with Crippen LogP contribution in [0.2, 0.25) is 5.02 Å². The highest BCUT2D eigenvalue weighted by molar-refractivity contribution is 6.32. The first kappa shape index (κ1) is 20.0. The van der Waals surface area contributed by atoms with E-state index in [0.29, 0.717) is 28.8 Å². The van der Waals surface area contributed by atoms with Crippen LogP contribution >= 0.6 is 11.6 Å². The molecule has 1 saturated heterocycles. The van der Waals surface area contributed by atoms with Crippen LogP contribution in [0.15, 0.2) is 36.4 Å². The number of carbonyl (C=O) groups excluding carboxylic acids is 2. The van der Waals surface area contributed by atoms with Gasteiger partial charge in [0.2, 0.25) is 11.8 Å². The van der Waals surface area contributed by atoms with Crippen molar-refractivity contribution in [3.8, 4) is 11.5 Å². The van der Waals surface area contributed by atoms with E-state index < -0.39 is 5.92 Å². The fourth-order valence-corrected chi connectivity index (χ4v) is 3.54. The number of anilines is 1. The van der Waals surface area contributed by atoms with Crippen molar-refractivity contribution in [1.82, 2.24) is 5.32 Å². The summed E-state index contributed by atoms with van der Waals surface area (Å²) in [5.41, 5.74) is 2.71. The van der Waals surface area contributed by atoms with Gasteiger partial charge in [-0.3, -0.25) is 9.59 Å². The number of ether oxygens (including phenoxy) is 2. The van der Waals surface area contributed by atoms with Gasteiger partial charge in [0.1, 0.15) is 11.5 Å². The number of aryl methyl sites for hydroxylation is 1. The first-order chi connectivity index (χ1) is 13.4. The Kier molecular flexibility index (Phi) is 6.09. The van der Waals surface area contributed by atoms with Gasteiger partial charge >= 0.3 is 0 Å². The van der Waals surface area contributed by atoms with E-state index in [-0.39, 0.29) is 24.8 Å². The second kappa shape index (κ2) is 8.52. The van der Waals surface area contributed by atoms with E-state index in [4.69, 9.17) is 21.1 Å². The van der Waals surface area contributed by atoms with Crippen LogP contribution in [0.3, 0.4) is 0 Å². The highest BCUT2D eigenvalue weighted by atomic mass is 35.5.